The van der Waals surface area contributed by atoms with Crippen molar-refractivity contribution < 1.29 is 14.7 Å². The van der Waals surface area contributed by atoms with Crippen LogP contribution in [0.1, 0.15) is 77.3 Å². The minimum atomic E-state index is -0.494. The smallest absolute Gasteiger partial charge is 0.270 e. The number of nitrogens with zero attached hydrogens (tertiary/aromatic N) is 2. The monoisotopic (exact) mass is 474 g/mol. The van der Waals surface area contributed by atoms with Crippen molar-refractivity contribution in [3.05, 3.63) is 59.3 Å². The van der Waals surface area contributed by atoms with E-state index in [2.05, 4.69) is 10.2 Å². The SMILES string of the molecule is NC(=O)c1ccc(C2CCN(c3cccc(C(=O)NC4C5CC6CC4CC(O)(C6)C5)n3)CC2)cc1. The van der Waals surface area contributed by atoms with Gasteiger partial charge in [0.2, 0.25) is 5.91 Å². The molecular formula is C28H34N4O3. The Kier molecular flexibility index (Phi) is 5.55. The van der Waals surface area contributed by atoms with E-state index in [-0.39, 0.29) is 11.9 Å². The molecule has 5 aliphatic rings. The molecule has 5 fully saturated rings. The molecule has 2 heterocycles. The van der Waals surface area contributed by atoms with Gasteiger partial charge in [0.05, 0.1) is 5.60 Å². The van der Waals surface area contributed by atoms with Gasteiger partial charge < -0.3 is 21.1 Å². The van der Waals surface area contributed by atoms with E-state index >= 15 is 0 Å². The largest absolute Gasteiger partial charge is 0.390 e. The fourth-order valence-electron chi connectivity index (χ4n) is 7.53. The number of carbonyl (C=O) groups excluding carboxylic acids is 2. The summed E-state index contributed by atoms with van der Waals surface area (Å²) in [6.45, 7) is 1.74. The van der Waals surface area contributed by atoms with Crippen molar-refractivity contribution in [3.8, 4) is 0 Å². The molecule has 7 rings (SSSR count). The molecule has 0 radical (unpaired) electrons. The number of amides is 2. The van der Waals surface area contributed by atoms with Crippen molar-refractivity contribution in [2.45, 2.75) is 62.5 Å². The van der Waals surface area contributed by atoms with E-state index in [1.807, 2.05) is 24.3 Å². The molecule has 7 nitrogen and oxygen atoms in total. The molecule has 4 aliphatic carbocycles. The standard InChI is InChI=1S/C28H34N4O3/c29-26(33)20-6-4-18(5-7-20)19-8-10-32(11-9-19)24-3-1-2-23(30-24)27(34)31-25-21-12-17-13-22(25)16-28(35,14-17)15-21/h1-7,17,19,21-22,25,35H,8-16H2,(H2,29,33)(H,31,34). The van der Waals surface area contributed by atoms with E-state index in [1.54, 1.807) is 18.2 Å². The van der Waals surface area contributed by atoms with Crippen LogP contribution in [-0.2, 0) is 0 Å². The summed E-state index contributed by atoms with van der Waals surface area (Å²) < 4.78 is 0. The second-order valence-corrected chi connectivity index (χ2v) is 11.3. The van der Waals surface area contributed by atoms with Crippen LogP contribution in [-0.4, -0.2) is 46.6 Å². The molecule has 1 aromatic carbocycles. The first-order valence-electron chi connectivity index (χ1n) is 13.0. The number of hydrogen-bond acceptors (Lipinski definition) is 5. The molecule has 35 heavy (non-hydrogen) atoms. The Bertz CT molecular complexity index is 1110. The summed E-state index contributed by atoms with van der Waals surface area (Å²) in [5.41, 5.74) is 7.10. The van der Waals surface area contributed by atoms with E-state index < -0.39 is 11.5 Å². The second kappa shape index (κ2) is 8.63. The van der Waals surface area contributed by atoms with Crippen molar-refractivity contribution in [3.63, 3.8) is 0 Å². The predicted molar refractivity (Wildman–Crippen MR) is 133 cm³/mol. The van der Waals surface area contributed by atoms with Crippen LogP contribution in [0, 0.1) is 17.8 Å². The Hall–Kier alpha value is -2.93. The normalized spacial score (nSPS) is 32.0. The molecule has 2 aromatic rings. The van der Waals surface area contributed by atoms with E-state index in [1.165, 1.54) is 5.56 Å². The number of rotatable bonds is 5. The highest BCUT2D eigenvalue weighted by Crippen LogP contribution is 2.55. The molecule has 1 aliphatic heterocycles. The summed E-state index contributed by atoms with van der Waals surface area (Å²) in [6.07, 6.45) is 6.80. The van der Waals surface area contributed by atoms with Crippen LogP contribution in [0.2, 0.25) is 0 Å². The lowest BCUT2D eigenvalue weighted by molar-refractivity contribution is -0.136. The molecule has 2 amide bonds. The van der Waals surface area contributed by atoms with Gasteiger partial charge in [0.15, 0.2) is 0 Å². The Morgan fingerprint density at radius 1 is 1.00 bits per heavy atom. The first-order valence-corrected chi connectivity index (χ1v) is 13.0. The molecule has 2 atom stereocenters. The quantitative estimate of drug-likeness (QED) is 0.617. The van der Waals surface area contributed by atoms with Crippen LogP contribution in [0.5, 0.6) is 0 Å². The highest BCUT2D eigenvalue weighted by molar-refractivity contribution is 5.93. The van der Waals surface area contributed by atoms with Gasteiger partial charge in [-0.25, -0.2) is 4.98 Å². The molecule has 4 saturated carbocycles. The predicted octanol–water partition coefficient (Wildman–Crippen LogP) is 3.23. The highest BCUT2D eigenvalue weighted by Gasteiger charge is 2.55. The summed E-state index contributed by atoms with van der Waals surface area (Å²) >= 11 is 0. The maximum Gasteiger partial charge on any atom is 0.270 e. The van der Waals surface area contributed by atoms with Gasteiger partial charge in [-0.3, -0.25) is 9.59 Å². The number of primary amides is 1. The Morgan fingerprint density at radius 3 is 2.31 bits per heavy atom. The van der Waals surface area contributed by atoms with Crippen LogP contribution >= 0.6 is 0 Å². The lowest BCUT2D eigenvalue weighted by Crippen LogP contribution is -2.61. The van der Waals surface area contributed by atoms with Crippen molar-refractivity contribution in [1.82, 2.24) is 10.3 Å². The number of carbonyl (C=O) groups is 2. The average Bonchev–Trinajstić information content (AvgIpc) is 2.85. The zero-order valence-corrected chi connectivity index (χ0v) is 20.0. The van der Waals surface area contributed by atoms with Crippen LogP contribution in [0.15, 0.2) is 42.5 Å². The van der Waals surface area contributed by atoms with Crippen molar-refractivity contribution in [1.29, 1.82) is 0 Å². The molecule has 184 valence electrons. The zero-order chi connectivity index (χ0) is 24.2. The number of hydrogen-bond donors (Lipinski definition) is 3. The van der Waals surface area contributed by atoms with Crippen molar-refractivity contribution in [2.75, 3.05) is 18.0 Å². The van der Waals surface area contributed by atoms with Gasteiger partial charge in [-0.2, -0.15) is 0 Å². The molecular weight excluding hydrogens is 440 g/mol. The van der Waals surface area contributed by atoms with Gasteiger partial charge in [0.25, 0.3) is 5.91 Å². The summed E-state index contributed by atoms with van der Waals surface area (Å²) in [7, 11) is 0. The average molecular weight is 475 g/mol. The fourth-order valence-corrected chi connectivity index (χ4v) is 7.53. The molecule has 0 spiro atoms. The Morgan fingerprint density at radius 2 is 1.69 bits per heavy atom. The first kappa shape index (κ1) is 22.5. The van der Waals surface area contributed by atoms with Gasteiger partial charge in [-0.1, -0.05) is 18.2 Å². The van der Waals surface area contributed by atoms with Crippen molar-refractivity contribution >= 4 is 17.6 Å². The van der Waals surface area contributed by atoms with E-state index in [0.29, 0.717) is 34.9 Å². The highest BCUT2D eigenvalue weighted by atomic mass is 16.3. The Labute approximate surface area is 206 Å². The number of aromatic nitrogens is 1. The summed E-state index contributed by atoms with van der Waals surface area (Å²) in [4.78, 5) is 31.5. The molecule has 1 aromatic heterocycles. The van der Waals surface area contributed by atoms with Gasteiger partial charge in [0, 0.05) is 24.7 Å². The summed E-state index contributed by atoms with van der Waals surface area (Å²) in [5, 5.41) is 14.1. The second-order valence-electron chi connectivity index (χ2n) is 11.3. The Balaban J connectivity index is 1.09. The van der Waals surface area contributed by atoms with E-state index in [4.69, 9.17) is 10.7 Å². The number of nitrogens with two attached hydrogens (primary N) is 1. The number of pyridine rings is 1. The lowest BCUT2D eigenvalue weighted by Gasteiger charge is -2.58. The fraction of sp³-hybridized carbons (Fsp3) is 0.536. The van der Waals surface area contributed by atoms with Gasteiger partial charge in [-0.05, 0) is 98.4 Å². The third kappa shape index (κ3) is 4.31. The number of piperidine rings is 1. The van der Waals surface area contributed by atoms with Gasteiger partial charge >= 0.3 is 0 Å². The third-order valence-electron chi connectivity index (χ3n) is 8.99. The molecule has 2 unspecified atom stereocenters. The summed E-state index contributed by atoms with van der Waals surface area (Å²) in [5.74, 6) is 2.17. The summed E-state index contributed by atoms with van der Waals surface area (Å²) in [6, 6.07) is 13.5. The van der Waals surface area contributed by atoms with Crippen LogP contribution in [0.25, 0.3) is 0 Å². The molecule has 7 heteroatoms. The first-order chi connectivity index (χ1) is 16.9. The number of anilines is 1. The van der Waals surface area contributed by atoms with Crippen LogP contribution in [0.3, 0.4) is 0 Å². The molecule has 4 bridgehead atoms. The lowest BCUT2D eigenvalue weighted by atomic mass is 9.52. The van der Waals surface area contributed by atoms with Gasteiger partial charge in [-0.15, -0.1) is 0 Å². The third-order valence-corrected chi connectivity index (χ3v) is 8.99. The van der Waals surface area contributed by atoms with Crippen molar-refractivity contribution in [2.24, 2.45) is 23.5 Å². The zero-order valence-electron chi connectivity index (χ0n) is 20.0. The van der Waals surface area contributed by atoms with E-state index in [0.717, 1.165) is 63.9 Å². The maximum atomic E-state index is 13.2. The minimum absolute atomic E-state index is 0.0965. The van der Waals surface area contributed by atoms with E-state index in [9.17, 15) is 14.7 Å². The molecule has 1 saturated heterocycles. The van der Waals surface area contributed by atoms with Gasteiger partial charge in [0.1, 0.15) is 11.5 Å². The number of nitrogens with one attached hydrogen (secondary N) is 1. The maximum absolute atomic E-state index is 13.2. The number of benzene rings is 1. The minimum Gasteiger partial charge on any atom is -0.390 e. The molecule has 4 N–H and O–H groups in total. The van der Waals surface area contributed by atoms with Crippen LogP contribution < -0.4 is 16.0 Å². The topological polar surface area (TPSA) is 109 Å². The van der Waals surface area contributed by atoms with Crippen LogP contribution in [0.4, 0.5) is 5.82 Å². The number of aliphatic hydroxyl groups is 1.